The third-order valence-electron chi connectivity index (χ3n) is 4.54. The van der Waals surface area contributed by atoms with Gasteiger partial charge in [0.25, 0.3) is 5.91 Å². The van der Waals surface area contributed by atoms with Gasteiger partial charge in [-0.15, -0.1) is 5.10 Å². The third kappa shape index (κ3) is 2.73. The van der Waals surface area contributed by atoms with Gasteiger partial charge in [0, 0.05) is 0 Å². The average Bonchev–Trinajstić information content (AvgIpc) is 3.30. The maximum Gasteiger partial charge on any atom is 0.332 e. The first-order chi connectivity index (χ1) is 12.6. The van der Waals surface area contributed by atoms with Gasteiger partial charge in [-0.25, -0.2) is 14.4 Å². The molecular weight excluding hydrogens is 330 g/mol. The number of hydrogen-bond acceptors (Lipinski definition) is 4. The molecule has 1 fully saturated rings. The van der Waals surface area contributed by atoms with E-state index in [0.29, 0.717) is 5.69 Å². The summed E-state index contributed by atoms with van der Waals surface area (Å²) in [6.45, 7) is 2.00. The van der Waals surface area contributed by atoms with E-state index in [9.17, 15) is 9.59 Å². The van der Waals surface area contributed by atoms with Crippen molar-refractivity contribution < 1.29 is 9.59 Å². The number of aromatic nitrogens is 3. The van der Waals surface area contributed by atoms with Crippen LogP contribution in [0.2, 0.25) is 0 Å². The Morgan fingerprint density at radius 1 is 0.962 bits per heavy atom. The number of rotatable bonds is 4. The van der Waals surface area contributed by atoms with E-state index >= 15 is 0 Å². The van der Waals surface area contributed by atoms with Gasteiger partial charge >= 0.3 is 6.03 Å². The van der Waals surface area contributed by atoms with Crippen molar-refractivity contribution in [2.45, 2.75) is 13.0 Å². The molecule has 2 heterocycles. The minimum Gasteiger partial charge on any atom is -0.308 e. The molecule has 2 aromatic carbocycles. The molecular formula is C19H17N5O2. The zero-order valence-electron chi connectivity index (χ0n) is 14.2. The predicted molar refractivity (Wildman–Crippen MR) is 95.8 cm³/mol. The number of imide groups is 1. The Labute approximate surface area is 150 Å². The highest BCUT2D eigenvalue weighted by molar-refractivity contribution is 6.19. The van der Waals surface area contributed by atoms with Crippen molar-refractivity contribution in [3.05, 3.63) is 72.6 Å². The van der Waals surface area contributed by atoms with Gasteiger partial charge in [0.1, 0.15) is 6.54 Å². The second-order valence-corrected chi connectivity index (χ2v) is 6.09. The van der Waals surface area contributed by atoms with Crippen LogP contribution in [0, 0.1) is 0 Å². The summed E-state index contributed by atoms with van der Waals surface area (Å²) < 4.78 is 1.61. The monoisotopic (exact) mass is 347 g/mol. The number of amides is 3. The normalized spacial score (nSPS) is 15.6. The van der Waals surface area contributed by atoms with E-state index < -0.39 is 0 Å². The molecule has 0 aliphatic carbocycles. The Morgan fingerprint density at radius 3 is 2.31 bits per heavy atom. The van der Waals surface area contributed by atoms with E-state index in [2.05, 4.69) is 10.3 Å². The van der Waals surface area contributed by atoms with Gasteiger partial charge < -0.3 is 4.90 Å². The van der Waals surface area contributed by atoms with Crippen molar-refractivity contribution in [1.29, 1.82) is 0 Å². The van der Waals surface area contributed by atoms with Gasteiger partial charge in [0.2, 0.25) is 0 Å². The van der Waals surface area contributed by atoms with Crippen molar-refractivity contribution in [3.63, 3.8) is 0 Å². The van der Waals surface area contributed by atoms with Crippen LogP contribution in [0.5, 0.6) is 0 Å². The molecule has 3 amide bonds. The molecule has 0 saturated carbocycles. The van der Waals surface area contributed by atoms with E-state index in [0.717, 1.165) is 11.3 Å². The molecule has 7 heteroatoms. The summed E-state index contributed by atoms with van der Waals surface area (Å²) in [5, 5.41) is 7.69. The number of urea groups is 1. The van der Waals surface area contributed by atoms with Gasteiger partial charge in [-0.1, -0.05) is 35.5 Å². The largest absolute Gasteiger partial charge is 0.332 e. The Hall–Kier alpha value is -3.48. The van der Waals surface area contributed by atoms with E-state index in [1.807, 2.05) is 37.3 Å². The van der Waals surface area contributed by atoms with Crippen LogP contribution in [0.1, 0.15) is 18.5 Å². The van der Waals surface area contributed by atoms with Gasteiger partial charge in [-0.2, -0.15) is 0 Å². The third-order valence-corrected chi connectivity index (χ3v) is 4.54. The number of carbonyl (C=O) groups is 2. The molecule has 26 heavy (non-hydrogen) atoms. The summed E-state index contributed by atoms with van der Waals surface area (Å²) in [6, 6.07) is 16.3. The van der Waals surface area contributed by atoms with E-state index in [-0.39, 0.29) is 24.5 Å². The van der Waals surface area contributed by atoms with Crippen LogP contribution < -0.4 is 4.90 Å². The molecule has 0 bridgehead atoms. The lowest BCUT2D eigenvalue weighted by molar-refractivity contribution is -0.116. The number of carbonyl (C=O) groups excluding carboxylic acids is 2. The van der Waals surface area contributed by atoms with Crippen molar-refractivity contribution in [2.24, 2.45) is 0 Å². The molecule has 4 rings (SSSR count). The lowest BCUT2D eigenvalue weighted by atomic mass is 10.1. The lowest BCUT2D eigenvalue weighted by Crippen LogP contribution is -2.34. The second kappa shape index (κ2) is 6.44. The fourth-order valence-corrected chi connectivity index (χ4v) is 3.09. The molecule has 130 valence electrons. The van der Waals surface area contributed by atoms with Gasteiger partial charge in [-0.3, -0.25) is 4.79 Å². The summed E-state index contributed by atoms with van der Waals surface area (Å²) in [5.41, 5.74) is 2.35. The molecule has 0 N–H and O–H groups in total. The average molecular weight is 347 g/mol. The zero-order chi connectivity index (χ0) is 18.1. The van der Waals surface area contributed by atoms with Crippen LogP contribution in [0.4, 0.5) is 10.5 Å². The van der Waals surface area contributed by atoms with Crippen molar-refractivity contribution >= 4 is 17.6 Å². The summed E-state index contributed by atoms with van der Waals surface area (Å²) in [7, 11) is 0. The smallest absolute Gasteiger partial charge is 0.308 e. The fourth-order valence-electron chi connectivity index (χ4n) is 3.09. The van der Waals surface area contributed by atoms with Crippen molar-refractivity contribution in [2.75, 3.05) is 11.4 Å². The fraction of sp³-hybridized carbons (Fsp3) is 0.158. The number of hydrogen-bond donors (Lipinski definition) is 0. The quantitative estimate of drug-likeness (QED) is 0.681. The second-order valence-electron chi connectivity index (χ2n) is 6.09. The summed E-state index contributed by atoms with van der Waals surface area (Å²) in [4.78, 5) is 28.1. The van der Waals surface area contributed by atoms with Crippen LogP contribution >= 0.6 is 0 Å². The topological polar surface area (TPSA) is 71.3 Å². The maximum atomic E-state index is 12.8. The van der Waals surface area contributed by atoms with Gasteiger partial charge in [0.05, 0.1) is 29.8 Å². The van der Waals surface area contributed by atoms with Crippen molar-refractivity contribution in [1.82, 2.24) is 19.9 Å². The molecule has 1 aliphatic rings. The molecule has 7 nitrogen and oxygen atoms in total. The summed E-state index contributed by atoms with van der Waals surface area (Å²) in [6.07, 6.45) is 3.31. The van der Waals surface area contributed by atoms with Gasteiger partial charge in [-0.05, 0) is 36.8 Å². The first-order valence-corrected chi connectivity index (χ1v) is 8.30. The Morgan fingerprint density at radius 2 is 1.65 bits per heavy atom. The van der Waals surface area contributed by atoms with E-state index in [4.69, 9.17) is 0 Å². The summed E-state index contributed by atoms with van der Waals surface area (Å²) in [5.74, 6) is -0.230. The van der Waals surface area contributed by atoms with E-state index in [1.54, 1.807) is 46.2 Å². The van der Waals surface area contributed by atoms with Crippen LogP contribution in [-0.4, -0.2) is 38.4 Å². The van der Waals surface area contributed by atoms with Crippen LogP contribution in [0.25, 0.3) is 5.69 Å². The van der Waals surface area contributed by atoms with Crippen LogP contribution in [-0.2, 0) is 4.79 Å². The molecule has 3 aromatic rings. The molecule has 1 aliphatic heterocycles. The Balaban J connectivity index is 1.58. The molecule has 1 unspecified atom stereocenters. The Kier molecular flexibility index (Phi) is 3.96. The molecule has 1 atom stereocenters. The first-order valence-electron chi connectivity index (χ1n) is 8.30. The van der Waals surface area contributed by atoms with Gasteiger partial charge in [0.15, 0.2) is 0 Å². The highest BCUT2D eigenvalue weighted by Gasteiger charge is 2.39. The minimum absolute atomic E-state index is 0.0692. The van der Waals surface area contributed by atoms with E-state index in [1.165, 1.54) is 4.90 Å². The lowest BCUT2D eigenvalue weighted by Gasteiger charge is -2.24. The van der Waals surface area contributed by atoms with Crippen molar-refractivity contribution in [3.8, 4) is 5.69 Å². The molecule has 0 spiro atoms. The van der Waals surface area contributed by atoms with Crippen LogP contribution in [0.15, 0.2) is 67.0 Å². The summed E-state index contributed by atoms with van der Waals surface area (Å²) >= 11 is 0. The highest BCUT2D eigenvalue weighted by atomic mass is 16.2. The standard InChI is InChI=1S/C19H17N5O2/c1-14(15-5-3-2-4-6-15)22-13-18(25)24(19(22)26)17-9-7-16(8-10-17)23-12-11-20-21-23/h2-12,14H,13H2,1H3. The Bertz CT molecular complexity index is 922. The number of benzene rings is 2. The first kappa shape index (κ1) is 16.0. The molecule has 0 radical (unpaired) electrons. The number of anilines is 1. The predicted octanol–water partition coefficient (Wildman–Crippen LogP) is 2.80. The molecule has 1 saturated heterocycles. The minimum atomic E-state index is -0.306. The SMILES string of the molecule is CC(c1ccccc1)N1CC(=O)N(c2ccc(-n3ccnn3)cc2)C1=O. The zero-order valence-corrected chi connectivity index (χ0v) is 14.2. The highest BCUT2D eigenvalue weighted by Crippen LogP contribution is 2.29. The number of nitrogens with zero attached hydrogens (tertiary/aromatic N) is 5. The molecule has 1 aromatic heterocycles. The maximum absolute atomic E-state index is 12.8. The van der Waals surface area contributed by atoms with Crippen LogP contribution in [0.3, 0.4) is 0 Å².